The average Bonchev–Trinajstić information content (AvgIpc) is 3.27. The van der Waals surface area contributed by atoms with E-state index in [1.54, 1.807) is 55.5 Å². The van der Waals surface area contributed by atoms with Crippen LogP contribution in [0.15, 0.2) is 76.4 Å². The summed E-state index contributed by atoms with van der Waals surface area (Å²) in [7, 11) is -3.57. The summed E-state index contributed by atoms with van der Waals surface area (Å²) in [5.41, 5.74) is 1.15. The van der Waals surface area contributed by atoms with Crippen molar-refractivity contribution < 1.29 is 17.6 Å². The van der Waals surface area contributed by atoms with Crippen molar-refractivity contribution >= 4 is 15.9 Å². The van der Waals surface area contributed by atoms with Gasteiger partial charge in [0.25, 0.3) is 5.91 Å². The van der Waals surface area contributed by atoms with Crippen molar-refractivity contribution in [3.05, 3.63) is 84.1 Å². The van der Waals surface area contributed by atoms with Gasteiger partial charge < -0.3 is 9.32 Å². The maximum Gasteiger partial charge on any atom is 0.254 e. The Morgan fingerprint density at radius 2 is 1.70 bits per heavy atom. The molecular weight excluding hydrogens is 402 g/mol. The third kappa shape index (κ3) is 4.95. The monoisotopic (exact) mass is 427 g/mol. The Balaban J connectivity index is 1.85. The predicted octanol–water partition coefficient (Wildman–Crippen LogP) is 3.55. The van der Waals surface area contributed by atoms with Crippen LogP contribution in [0.3, 0.4) is 0 Å². The van der Waals surface area contributed by atoms with Crippen LogP contribution in [0.5, 0.6) is 0 Å². The molecule has 1 aromatic carbocycles. The highest BCUT2D eigenvalue weighted by atomic mass is 32.2. The lowest BCUT2D eigenvalue weighted by Crippen LogP contribution is -2.31. The van der Waals surface area contributed by atoms with Crippen molar-refractivity contribution in [3.8, 4) is 0 Å². The van der Waals surface area contributed by atoms with E-state index in [1.165, 1.54) is 16.4 Å². The standard InChI is InChI=1S/C22H25N3O4S/c1-3-25(4-2)30(27,28)21-12-10-18(11-13-21)22(26)24(17-20-9-7-15-29-20)16-19-8-5-6-14-23-19/h5-15H,3-4,16-17H2,1-2H3. The molecule has 0 fully saturated rings. The molecule has 3 rings (SSSR count). The largest absolute Gasteiger partial charge is 0.467 e. The molecule has 0 N–H and O–H groups in total. The van der Waals surface area contributed by atoms with Crippen molar-refractivity contribution in [2.24, 2.45) is 0 Å². The van der Waals surface area contributed by atoms with Crippen LogP contribution in [-0.2, 0) is 23.1 Å². The van der Waals surface area contributed by atoms with E-state index in [4.69, 9.17) is 4.42 Å². The molecule has 30 heavy (non-hydrogen) atoms. The fraction of sp³-hybridized carbons (Fsp3) is 0.273. The minimum Gasteiger partial charge on any atom is -0.467 e. The maximum absolute atomic E-state index is 13.2. The van der Waals surface area contributed by atoms with E-state index in [1.807, 2.05) is 18.2 Å². The number of aromatic nitrogens is 1. The first-order valence-corrected chi connectivity index (χ1v) is 11.2. The summed E-state index contributed by atoms with van der Waals surface area (Å²) in [6, 6.07) is 15.2. The van der Waals surface area contributed by atoms with Crippen molar-refractivity contribution in [1.82, 2.24) is 14.2 Å². The lowest BCUT2D eigenvalue weighted by Gasteiger charge is -2.22. The number of carbonyl (C=O) groups excluding carboxylic acids is 1. The molecule has 2 heterocycles. The molecule has 2 aromatic heterocycles. The molecular formula is C22H25N3O4S. The summed E-state index contributed by atoms with van der Waals surface area (Å²) in [6.45, 7) is 4.95. The first-order valence-electron chi connectivity index (χ1n) is 9.77. The highest BCUT2D eigenvalue weighted by Gasteiger charge is 2.23. The summed E-state index contributed by atoms with van der Waals surface area (Å²) < 4.78 is 32.1. The fourth-order valence-corrected chi connectivity index (χ4v) is 4.60. The van der Waals surface area contributed by atoms with Gasteiger partial charge in [-0.2, -0.15) is 4.31 Å². The second-order valence-corrected chi connectivity index (χ2v) is 8.61. The van der Waals surface area contributed by atoms with Crippen molar-refractivity contribution in [2.45, 2.75) is 31.8 Å². The highest BCUT2D eigenvalue weighted by Crippen LogP contribution is 2.19. The van der Waals surface area contributed by atoms with Gasteiger partial charge in [0.1, 0.15) is 5.76 Å². The number of pyridine rings is 1. The average molecular weight is 428 g/mol. The van der Waals surface area contributed by atoms with Crippen LogP contribution in [0.25, 0.3) is 0 Å². The van der Waals surface area contributed by atoms with Gasteiger partial charge in [-0.15, -0.1) is 0 Å². The summed E-state index contributed by atoms with van der Waals surface area (Å²) in [5, 5.41) is 0. The molecule has 8 heteroatoms. The Morgan fingerprint density at radius 1 is 0.967 bits per heavy atom. The van der Waals surface area contributed by atoms with E-state index in [2.05, 4.69) is 4.98 Å². The van der Waals surface area contributed by atoms with Gasteiger partial charge in [0.2, 0.25) is 10.0 Å². The molecule has 0 atom stereocenters. The van der Waals surface area contributed by atoms with Crippen LogP contribution in [0.4, 0.5) is 0 Å². The summed E-state index contributed by atoms with van der Waals surface area (Å²) in [4.78, 5) is 19.3. The lowest BCUT2D eigenvalue weighted by molar-refractivity contribution is 0.0715. The van der Waals surface area contributed by atoms with Crippen molar-refractivity contribution in [3.63, 3.8) is 0 Å². The smallest absolute Gasteiger partial charge is 0.254 e. The summed E-state index contributed by atoms with van der Waals surface area (Å²) in [6.07, 6.45) is 3.24. The van der Waals surface area contributed by atoms with Gasteiger partial charge in [-0.3, -0.25) is 9.78 Å². The minimum atomic E-state index is -3.57. The van der Waals surface area contributed by atoms with E-state index in [9.17, 15) is 13.2 Å². The summed E-state index contributed by atoms with van der Waals surface area (Å²) in [5.74, 6) is 0.420. The molecule has 0 aliphatic heterocycles. The molecule has 158 valence electrons. The fourth-order valence-electron chi connectivity index (χ4n) is 3.14. The Bertz CT molecular complexity index is 1050. The van der Waals surface area contributed by atoms with Gasteiger partial charge in [-0.25, -0.2) is 8.42 Å². The van der Waals surface area contributed by atoms with Gasteiger partial charge in [-0.05, 0) is 48.5 Å². The Morgan fingerprint density at radius 3 is 2.27 bits per heavy atom. The van der Waals surface area contributed by atoms with Crippen molar-refractivity contribution in [1.29, 1.82) is 0 Å². The van der Waals surface area contributed by atoms with Gasteiger partial charge >= 0.3 is 0 Å². The van der Waals surface area contributed by atoms with E-state index in [0.717, 1.165) is 5.69 Å². The topological polar surface area (TPSA) is 83.7 Å². The van der Waals surface area contributed by atoms with Crippen LogP contribution < -0.4 is 0 Å². The molecule has 0 radical (unpaired) electrons. The number of sulfonamides is 1. The maximum atomic E-state index is 13.2. The van der Waals surface area contributed by atoms with Crippen molar-refractivity contribution in [2.75, 3.05) is 13.1 Å². The molecule has 0 unspecified atom stereocenters. The SMILES string of the molecule is CCN(CC)S(=O)(=O)c1ccc(C(=O)N(Cc2ccccn2)Cc2ccco2)cc1. The van der Waals surface area contributed by atoms with Gasteiger partial charge in [0, 0.05) is 24.8 Å². The van der Waals surface area contributed by atoms with E-state index in [0.29, 0.717) is 31.0 Å². The van der Waals surface area contributed by atoms with Crippen LogP contribution in [-0.4, -0.2) is 41.6 Å². The van der Waals surface area contributed by atoms with E-state index < -0.39 is 10.0 Å². The van der Waals surface area contributed by atoms with Gasteiger partial charge in [0.15, 0.2) is 0 Å². The third-order valence-corrected chi connectivity index (χ3v) is 6.80. The van der Waals surface area contributed by atoms with E-state index in [-0.39, 0.29) is 17.3 Å². The van der Waals surface area contributed by atoms with Crippen LogP contribution in [0, 0.1) is 0 Å². The first-order chi connectivity index (χ1) is 14.5. The number of hydrogen-bond acceptors (Lipinski definition) is 5. The zero-order valence-corrected chi connectivity index (χ0v) is 17.9. The number of carbonyl (C=O) groups is 1. The molecule has 0 aliphatic carbocycles. The second kappa shape index (κ2) is 9.69. The Hall–Kier alpha value is -2.97. The molecule has 0 aliphatic rings. The third-order valence-electron chi connectivity index (χ3n) is 4.74. The second-order valence-electron chi connectivity index (χ2n) is 6.68. The minimum absolute atomic E-state index is 0.171. The molecule has 0 saturated heterocycles. The number of rotatable bonds is 9. The molecule has 7 nitrogen and oxygen atoms in total. The normalized spacial score (nSPS) is 11.6. The predicted molar refractivity (Wildman–Crippen MR) is 113 cm³/mol. The van der Waals surface area contributed by atoms with Gasteiger partial charge in [-0.1, -0.05) is 19.9 Å². The number of hydrogen-bond donors (Lipinski definition) is 0. The van der Waals surface area contributed by atoms with Gasteiger partial charge in [0.05, 0.1) is 29.9 Å². The molecule has 0 bridgehead atoms. The molecule has 0 saturated carbocycles. The molecule has 0 spiro atoms. The Labute approximate surface area is 177 Å². The summed E-state index contributed by atoms with van der Waals surface area (Å²) >= 11 is 0. The number of furan rings is 1. The van der Waals surface area contributed by atoms with E-state index >= 15 is 0 Å². The number of benzene rings is 1. The number of nitrogens with zero attached hydrogens (tertiary/aromatic N) is 3. The highest BCUT2D eigenvalue weighted by molar-refractivity contribution is 7.89. The lowest BCUT2D eigenvalue weighted by atomic mass is 10.2. The van der Waals surface area contributed by atoms with Crippen LogP contribution in [0.2, 0.25) is 0 Å². The van der Waals surface area contributed by atoms with Crippen LogP contribution >= 0.6 is 0 Å². The molecule has 1 amide bonds. The van der Waals surface area contributed by atoms with Crippen LogP contribution in [0.1, 0.15) is 35.7 Å². The number of amides is 1. The zero-order valence-electron chi connectivity index (χ0n) is 17.1. The zero-order chi connectivity index (χ0) is 21.6. The quantitative estimate of drug-likeness (QED) is 0.521. The first kappa shape index (κ1) is 21.7. The molecule has 3 aromatic rings. The Kier molecular flexibility index (Phi) is 7.02.